The van der Waals surface area contributed by atoms with Crippen molar-refractivity contribution >= 4 is 17.7 Å². The number of hydrogen-bond acceptors (Lipinski definition) is 6. The lowest BCUT2D eigenvalue weighted by Gasteiger charge is -2.46. The van der Waals surface area contributed by atoms with Gasteiger partial charge < -0.3 is 11.1 Å². The van der Waals surface area contributed by atoms with E-state index in [9.17, 15) is 4.79 Å². The number of likely N-dealkylation sites (tertiary alicyclic amines) is 2. The maximum atomic E-state index is 13.2. The van der Waals surface area contributed by atoms with Crippen LogP contribution in [-0.4, -0.2) is 64.2 Å². The molecule has 3 aromatic rings. The van der Waals surface area contributed by atoms with Crippen LogP contribution >= 0.6 is 11.8 Å². The topological polar surface area (TPSA) is 74.5 Å². The molecule has 0 spiro atoms. The minimum absolute atomic E-state index is 0.0434. The number of carbonyl (C=O) groups is 1. The summed E-state index contributed by atoms with van der Waals surface area (Å²) in [5.74, 6) is -0.0635. The Hall–Kier alpha value is -2.71. The molecular weight excluding hydrogens is 563 g/mol. The lowest BCUT2D eigenvalue weighted by molar-refractivity contribution is 0.0545. The van der Waals surface area contributed by atoms with E-state index in [1.807, 2.05) is 42.7 Å². The summed E-state index contributed by atoms with van der Waals surface area (Å²) in [4.78, 5) is 22.6. The van der Waals surface area contributed by atoms with Crippen molar-refractivity contribution in [3.63, 3.8) is 0 Å². The molecule has 238 valence electrons. The molecule has 3 N–H and O–H groups in total. The van der Waals surface area contributed by atoms with Crippen molar-refractivity contribution in [2.24, 2.45) is 5.73 Å². The van der Waals surface area contributed by atoms with Gasteiger partial charge in [-0.3, -0.25) is 14.6 Å². The van der Waals surface area contributed by atoms with E-state index >= 15 is 0 Å². The fourth-order valence-electron chi connectivity index (χ4n) is 6.64. The van der Waals surface area contributed by atoms with E-state index < -0.39 is 0 Å². The van der Waals surface area contributed by atoms with Crippen LogP contribution in [0.1, 0.15) is 99.8 Å². The van der Waals surface area contributed by atoms with E-state index in [0.717, 1.165) is 23.7 Å². The summed E-state index contributed by atoms with van der Waals surface area (Å²) in [7, 11) is 0. The quantitative estimate of drug-likeness (QED) is 0.243. The van der Waals surface area contributed by atoms with Crippen LogP contribution in [0, 0.1) is 0 Å². The van der Waals surface area contributed by atoms with Crippen LogP contribution in [0.15, 0.2) is 84.0 Å². The number of carbonyl (C=O) groups excluding carboxylic acids is 1. The fraction of sp³-hybridized carbons (Fsp3) is 0.514. The predicted octanol–water partition coefficient (Wildman–Crippen LogP) is 7.49. The van der Waals surface area contributed by atoms with Gasteiger partial charge in [-0.2, -0.15) is 0 Å². The SMILES string of the molecule is CC(C)(C(N)c1ccccc1)N1CCCCC1.CSc1ncccc1C(=O)NC(c1ccccc1)C(C)(C)N1CCCCC1. The largest absolute Gasteiger partial charge is 0.343 e. The zero-order chi connectivity index (χ0) is 31.6. The second kappa shape index (κ2) is 16.0. The zero-order valence-corrected chi connectivity index (χ0v) is 28.3. The molecule has 0 aliphatic carbocycles. The summed E-state index contributed by atoms with van der Waals surface area (Å²) in [5.41, 5.74) is 9.34. The summed E-state index contributed by atoms with van der Waals surface area (Å²) in [5, 5.41) is 4.09. The second-order valence-electron chi connectivity index (χ2n) is 13.2. The van der Waals surface area contributed by atoms with Gasteiger partial charge in [0, 0.05) is 23.3 Å². The number of nitrogens with one attached hydrogen (secondary N) is 1. The molecule has 2 saturated heterocycles. The Morgan fingerprint density at radius 3 is 1.77 bits per heavy atom. The van der Waals surface area contributed by atoms with Gasteiger partial charge in [0.25, 0.3) is 5.91 Å². The molecule has 3 heterocycles. The lowest BCUT2D eigenvalue weighted by Crippen LogP contribution is -2.55. The van der Waals surface area contributed by atoms with Gasteiger partial charge >= 0.3 is 0 Å². The molecule has 0 bridgehead atoms. The first-order chi connectivity index (χ1) is 21.2. The second-order valence-corrected chi connectivity index (χ2v) is 14.0. The van der Waals surface area contributed by atoms with Crippen LogP contribution in [0.5, 0.6) is 0 Å². The molecule has 7 heteroatoms. The average molecular weight is 616 g/mol. The normalized spacial score (nSPS) is 18.0. The number of hydrogen-bond donors (Lipinski definition) is 2. The first kappa shape index (κ1) is 34.2. The molecule has 2 unspecified atom stereocenters. The van der Waals surface area contributed by atoms with Crippen LogP contribution in [0.4, 0.5) is 0 Å². The zero-order valence-electron chi connectivity index (χ0n) is 27.5. The van der Waals surface area contributed by atoms with Crippen molar-refractivity contribution < 1.29 is 4.79 Å². The predicted molar refractivity (Wildman–Crippen MR) is 185 cm³/mol. The van der Waals surface area contributed by atoms with Gasteiger partial charge in [-0.05, 0) is 109 Å². The Morgan fingerprint density at radius 2 is 1.25 bits per heavy atom. The first-order valence-electron chi connectivity index (χ1n) is 16.3. The van der Waals surface area contributed by atoms with Gasteiger partial charge in [-0.15, -0.1) is 11.8 Å². The summed E-state index contributed by atoms with van der Waals surface area (Å²) >= 11 is 1.50. The standard InChI is InChI=1S/C22H29N3OS.C15H24N2/c1-22(2,25-15-8-5-9-16-25)19(17-11-6-4-7-12-17)24-20(26)18-13-10-14-23-21(18)27-3;1-15(2,17-11-7-4-8-12-17)14(16)13-9-5-3-6-10-13/h4,6-7,10-14,19H,5,8-9,15-16H2,1-3H3,(H,24,26);3,5-6,9-10,14H,4,7-8,11-12,16H2,1-2H3. The number of piperidine rings is 2. The molecule has 0 saturated carbocycles. The highest BCUT2D eigenvalue weighted by atomic mass is 32.2. The highest BCUT2D eigenvalue weighted by Crippen LogP contribution is 2.34. The molecule has 2 aliphatic heterocycles. The van der Waals surface area contributed by atoms with Gasteiger partial charge in [0.1, 0.15) is 5.03 Å². The average Bonchev–Trinajstić information content (AvgIpc) is 3.08. The maximum Gasteiger partial charge on any atom is 0.254 e. The lowest BCUT2D eigenvalue weighted by atomic mass is 9.85. The highest BCUT2D eigenvalue weighted by molar-refractivity contribution is 7.98. The number of nitrogens with zero attached hydrogens (tertiary/aromatic N) is 3. The highest BCUT2D eigenvalue weighted by Gasteiger charge is 2.38. The van der Waals surface area contributed by atoms with Gasteiger partial charge in [-0.1, -0.05) is 73.5 Å². The molecule has 1 amide bonds. The monoisotopic (exact) mass is 615 g/mol. The van der Waals surface area contributed by atoms with Crippen molar-refractivity contribution in [1.82, 2.24) is 20.1 Å². The molecule has 6 nitrogen and oxygen atoms in total. The molecule has 0 radical (unpaired) electrons. The summed E-state index contributed by atoms with van der Waals surface area (Å²) < 4.78 is 0. The number of benzene rings is 2. The number of pyridine rings is 1. The first-order valence-corrected chi connectivity index (χ1v) is 17.5. The van der Waals surface area contributed by atoms with Crippen LogP contribution in [0.25, 0.3) is 0 Å². The minimum Gasteiger partial charge on any atom is -0.343 e. The number of nitrogens with two attached hydrogens (primary N) is 1. The third-order valence-corrected chi connectivity index (χ3v) is 10.3. The van der Waals surface area contributed by atoms with E-state index in [1.165, 1.54) is 68.9 Å². The van der Waals surface area contributed by atoms with Crippen molar-refractivity contribution in [2.75, 3.05) is 32.4 Å². The van der Waals surface area contributed by atoms with Crippen molar-refractivity contribution in [1.29, 1.82) is 0 Å². The Labute approximate surface area is 270 Å². The molecule has 2 fully saturated rings. The van der Waals surface area contributed by atoms with E-state index in [2.05, 4.69) is 84.2 Å². The summed E-state index contributed by atoms with van der Waals surface area (Å²) in [6.07, 6.45) is 11.4. The third kappa shape index (κ3) is 8.51. The maximum absolute atomic E-state index is 13.2. The van der Waals surface area contributed by atoms with Crippen molar-refractivity contribution in [2.45, 2.75) is 94.4 Å². The Balaban J connectivity index is 0.000000223. The van der Waals surface area contributed by atoms with Crippen molar-refractivity contribution in [3.05, 3.63) is 95.7 Å². The van der Waals surface area contributed by atoms with E-state index in [-0.39, 0.29) is 29.1 Å². The number of amides is 1. The Kier molecular flexibility index (Phi) is 12.4. The summed E-state index contributed by atoms with van der Waals surface area (Å²) in [6, 6.07) is 24.4. The Bertz CT molecular complexity index is 1290. The molecule has 2 aromatic carbocycles. The smallest absolute Gasteiger partial charge is 0.254 e. The molecule has 2 atom stereocenters. The minimum atomic E-state index is -0.181. The molecular formula is C37H53N5OS. The molecule has 44 heavy (non-hydrogen) atoms. The Morgan fingerprint density at radius 1 is 0.750 bits per heavy atom. The summed E-state index contributed by atoms with van der Waals surface area (Å²) in [6.45, 7) is 13.6. The fourth-order valence-corrected chi connectivity index (χ4v) is 7.18. The number of thioether (sulfide) groups is 1. The van der Waals surface area contributed by atoms with Gasteiger partial charge in [0.05, 0.1) is 11.6 Å². The van der Waals surface area contributed by atoms with E-state index in [4.69, 9.17) is 5.73 Å². The van der Waals surface area contributed by atoms with Gasteiger partial charge in [0.2, 0.25) is 0 Å². The molecule has 2 aliphatic rings. The van der Waals surface area contributed by atoms with Crippen LogP contribution in [0.2, 0.25) is 0 Å². The van der Waals surface area contributed by atoms with Crippen LogP contribution in [-0.2, 0) is 0 Å². The molecule has 5 rings (SSSR count). The third-order valence-electron chi connectivity index (χ3n) is 9.59. The van der Waals surface area contributed by atoms with Crippen molar-refractivity contribution in [3.8, 4) is 0 Å². The van der Waals surface area contributed by atoms with E-state index in [0.29, 0.717) is 5.56 Å². The number of rotatable bonds is 9. The van der Waals surface area contributed by atoms with Crippen LogP contribution in [0.3, 0.4) is 0 Å². The van der Waals surface area contributed by atoms with Gasteiger partial charge in [-0.25, -0.2) is 4.98 Å². The van der Waals surface area contributed by atoms with Gasteiger partial charge in [0.15, 0.2) is 0 Å². The number of aromatic nitrogens is 1. The molecule has 1 aromatic heterocycles. The van der Waals surface area contributed by atoms with E-state index in [1.54, 1.807) is 6.20 Å². The van der Waals surface area contributed by atoms with Crippen LogP contribution < -0.4 is 11.1 Å².